The first-order chi connectivity index (χ1) is 6.59. The van der Waals surface area contributed by atoms with E-state index in [2.05, 4.69) is 0 Å². The van der Waals surface area contributed by atoms with Gasteiger partial charge in [0, 0.05) is 0 Å². The molecule has 5 atom stereocenters. The zero-order valence-corrected chi connectivity index (χ0v) is 12.4. The van der Waals surface area contributed by atoms with Gasteiger partial charge in [-0.3, -0.25) is 0 Å². The van der Waals surface area contributed by atoms with Crippen molar-refractivity contribution in [3.8, 4) is 0 Å². The quantitative estimate of drug-likeness (QED) is 0.488. The first-order valence-corrected chi connectivity index (χ1v) is 5.60. The Hall–Kier alpha value is 1.07. The van der Waals surface area contributed by atoms with Crippen molar-refractivity contribution in [1.29, 1.82) is 0 Å². The van der Waals surface area contributed by atoms with Crippen LogP contribution in [0, 0.1) is 23.7 Å². The Labute approximate surface area is 133 Å². The van der Waals surface area contributed by atoms with Gasteiger partial charge < -0.3 is 15.6 Å². The van der Waals surface area contributed by atoms with Crippen LogP contribution < -0.4 is 62.2 Å². The summed E-state index contributed by atoms with van der Waals surface area (Å²) in [5.41, 5.74) is 5.04. The molecule has 2 N–H and O–H groups in total. The predicted molar refractivity (Wildman–Crippen MR) is 49.0 cm³/mol. The number of fused-ring (bicyclic) bond motifs is 2. The number of rotatable bonds is 1. The van der Waals surface area contributed by atoms with E-state index in [4.69, 9.17) is 5.73 Å². The van der Waals surface area contributed by atoms with Crippen molar-refractivity contribution in [3.05, 3.63) is 0 Å². The summed E-state index contributed by atoms with van der Waals surface area (Å²) in [6.07, 6.45) is 5.33. The molecule has 0 radical (unpaired) electrons. The second-order valence-electron chi connectivity index (χ2n) is 5.57. The van der Waals surface area contributed by atoms with Gasteiger partial charge in [-0.1, -0.05) is 0 Å². The summed E-state index contributed by atoms with van der Waals surface area (Å²) in [6.45, 7) is 0. The number of hydrogen-bond acceptors (Lipinski definition) is 3. The van der Waals surface area contributed by atoms with Crippen molar-refractivity contribution in [1.82, 2.24) is 0 Å². The number of carbonyl (C=O) groups is 1. The molecule has 15 heavy (non-hydrogen) atoms. The van der Waals surface area contributed by atoms with Crippen LogP contribution in [0.3, 0.4) is 0 Å². The van der Waals surface area contributed by atoms with Crippen molar-refractivity contribution in [3.63, 3.8) is 0 Å². The first kappa shape index (κ1) is 12.5. The maximum atomic E-state index is 11.1. The van der Waals surface area contributed by atoms with Crippen LogP contribution in [0.1, 0.15) is 32.1 Å². The van der Waals surface area contributed by atoms with Crippen LogP contribution in [0.15, 0.2) is 0 Å². The van der Waals surface area contributed by atoms with Gasteiger partial charge >= 0.3 is 51.4 Å². The Balaban J connectivity index is 0.000000853. The molecule has 4 heteroatoms. The summed E-state index contributed by atoms with van der Waals surface area (Å²) in [4.78, 5) is 11.1. The molecule has 0 amide bonds. The molecule has 3 aliphatic carbocycles. The fraction of sp³-hybridized carbons (Fsp3) is 0.909. The minimum absolute atomic E-state index is 0. The third-order valence-electron chi connectivity index (χ3n) is 4.76. The summed E-state index contributed by atoms with van der Waals surface area (Å²) >= 11 is 0. The van der Waals surface area contributed by atoms with Gasteiger partial charge in [-0.2, -0.15) is 0 Å². The Morgan fingerprint density at radius 2 is 1.87 bits per heavy atom. The Bertz CT molecular complexity index is 294. The molecule has 3 fully saturated rings. The van der Waals surface area contributed by atoms with Crippen LogP contribution in [0.4, 0.5) is 0 Å². The van der Waals surface area contributed by atoms with Gasteiger partial charge in [-0.25, -0.2) is 0 Å². The molecule has 3 aliphatic rings. The van der Waals surface area contributed by atoms with E-state index in [0.717, 1.165) is 12.3 Å². The van der Waals surface area contributed by atoms with Gasteiger partial charge in [-0.15, -0.1) is 0 Å². The molecule has 5 unspecified atom stereocenters. The molecule has 0 aromatic heterocycles. The fourth-order valence-corrected chi connectivity index (χ4v) is 4.35. The van der Waals surface area contributed by atoms with E-state index in [1.54, 1.807) is 0 Å². The van der Waals surface area contributed by atoms with Gasteiger partial charge in [0.15, 0.2) is 0 Å². The zero-order chi connectivity index (χ0) is 9.92. The van der Waals surface area contributed by atoms with Crippen LogP contribution in [0.5, 0.6) is 0 Å². The predicted octanol–water partition coefficient (Wildman–Crippen LogP) is -3.11. The van der Waals surface area contributed by atoms with E-state index < -0.39 is 11.5 Å². The second kappa shape index (κ2) is 4.07. The smallest absolute Gasteiger partial charge is 0.548 e. The average Bonchev–Trinajstić information content (AvgIpc) is 2.35. The topological polar surface area (TPSA) is 66.2 Å². The number of nitrogens with two attached hydrogens (primary N) is 1. The minimum Gasteiger partial charge on any atom is -0.548 e. The van der Waals surface area contributed by atoms with E-state index in [1.807, 2.05) is 0 Å². The first-order valence-electron chi connectivity index (χ1n) is 5.60. The number of carbonyl (C=O) groups excluding carboxylic acids is 1. The summed E-state index contributed by atoms with van der Waals surface area (Å²) in [5, 5.41) is 11.1. The Morgan fingerprint density at radius 1 is 1.20 bits per heavy atom. The molecule has 3 bridgehead atoms. The molecule has 3 nitrogen and oxygen atoms in total. The van der Waals surface area contributed by atoms with Gasteiger partial charge in [0.25, 0.3) is 0 Å². The molecule has 78 valence electrons. The third kappa shape index (κ3) is 1.78. The molecule has 0 aliphatic heterocycles. The summed E-state index contributed by atoms with van der Waals surface area (Å²) < 4.78 is 0. The minimum atomic E-state index is -1.01. The van der Waals surface area contributed by atoms with E-state index in [9.17, 15) is 9.90 Å². The Kier molecular flexibility index (Phi) is 3.40. The number of aliphatic carboxylic acids is 1. The Morgan fingerprint density at radius 3 is 2.53 bits per heavy atom. The molecule has 3 saturated carbocycles. The maximum absolute atomic E-state index is 11.1. The monoisotopic (exact) mass is 233 g/mol. The van der Waals surface area contributed by atoms with E-state index in [1.165, 1.54) is 19.3 Å². The second-order valence-corrected chi connectivity index (χ2v) is 5.57. The van der Waals surface area contributed by atoms with Crippen LogP contribution in [-0.2, 0) is 4.79 Å². The van der Waals surface area contributed by atoms with Crippen molar-refractivity contribution < 1.29 is 61.3 Å². The molecule has 0 saturated heterocycles. The van der Waals surface area contributed by atoms with Crippen molar-refractivity contribution in [2.24, 2.45) is 29.4 Å². The van der Waals surface area contributed by atoms with Crippen molar-refractivity contribution in [2.45, 2.75) is 37.6 Å². The molecular formula is C11H16KNO2. The third-order valence-corrected chi connectivity index (χ3v) is 4.76. The molecular weight excluding hydrogens is 217 g/mol. The summed E-state index contributed by atoms with van der Waals surface area (Å²) in [6, 6.07) is 0. The van der Waals surface area contributed by atoms with Gasteiger partial charge in [0.1, 0.15) is 0 Å². The number of carboxylic acids is 1. The maximum Gasteiger partial charge on any atom is 1.00 e. The van der Waals surface area contributed by atoms with Gasteiger partial charge in [0.2, 0.25) is 0 Å². The number of carboxylic acid groups (broad SMARTS) is 1. The number of hydrogen-bond donors (Lipinski definition) is 1. The van der Waals surface area contributed by atoms with Gasteiger partial charge in [-0.05, 0) is 55.8 Å². The zero-order valence-electron chi connectivity index (χ0n) is 9.24. The molecule has 0 heterocycles. The van der Waals surface area contributed by atoms with Gasteiger partial charge in [0.05, 0.1) is 11.5 Å². The normalized spacial score (nSPS) is 51.3. The molecule has 0 aromatic carbocycles. The summed E-state index contributed by atoms with van der Waals surface area (Å²) in [5.74, 6) is 1.08. The largest absolute Gasteiger partial charge is 1.00 e. The molecule has 0 spiro atoms. The van der Waals surface area contributed by atoms with E-state index >= 15 is 0 Å². The van der Waals surface area contributed by atoms with E-state index in [-0.39, 0.29) is 57.3 Å². The van der Waals surface area contributed by atoms with Crippen molar-refractivity contribution >= 4 is 5.97 Å². The summed E-state index contributed by atoms with van der Waals surface area (Å²) in [7, 11) is 0. The van der Waals surface area contributed by atoms with Crippen LogP contribution in [0.25, 0.3) is 0 Å². The molecule has 0 aromatic rings. The van der Waals surface area contributed by atoms with E-state index in [0.29, 0.717) is 18.3 Å². The fourth-order valence-electron chi connectivity index (χ4n) is 4.35. The van der Waals surface area contributed by atoms with Crippen molar-refractivity contribution in [2.75, 3.05) is 0 Å². The molecule has 3 rings (SSSR count). The average molecular weight is 233 g/mol. The standard InChI is InChI=1S/C11H17NO2.K/c12-11(10(13)14)5-7-1-6-2-8(3-7)9(11)4-6;/h6-9H,1-5,12H2,(H,13,14);/q;+1/p-1. The van der Waals surface area contributed by atoms with Crippen LogP contribution in [-0.4, -0.2) is 11.5 Å². The van der Waals surface area contributed by atoms with Crippen LogP contribution in [0.2, 0.25) is 0 Å². The SMILES string of the molecule is NC1(C(=O)[O-])CC2CC3CC(C2)C1C3.[K+]. The van der Waals surface area contributed by atoms with Crippen LogP contribution >= 0.6 is 0 Å².